The van der Waals surface area contributed by atoms with Gasteiger partial charge >= 0.3 is 0 Å². The predicted octanol–water partition coefficient (Wildman–Crippen LogP) is 1.37. The van der Waals surface area contributed by atoms with E-state index in [1.165, 1.54) is 16.8 Å². The Morgan fingerprint density at radius 3 is 2.90 bits per heavy atom. The summed E-state index contributed by atoms with van der Waals surface area (Å²) in [5.74, 6) is -0.548. The first-order valence-corrected chi connectivity index (χ1v) is 7.62. The fourth-order valence-corrected chi connectivity index (χ4v) is 3.91. The lowest BCUT2D eigenvalue weighted by Crippen LogP contribution is -2.44. The van der Waals surface area contributed by atoms with Crippen molar-refractivity contribution in [3.63, 3.8) is 0 Å². The Hall–Kier alpha value is -1.69. The number of hydrogen-bond donors (Lipinski definition) is 1. The molecule has 1 N–H and O–H groups in total. The summed E-state index contributed by atoms with van der Waals surface area (Å²) < 4.78 is 0. The molecule has 0 unspecified atom stereocenters. The van der Waals surface area contributed by atoms with Crippen molar-refractivity contribution in [1.82, 2.24) is 9.97 Å². The summed E-state index contributed by atoms with van der Waals surface area (Å²) in [5, 5.41) is 15.3. The number of aliphatic carboxylic acids is 1. The third-order valence-electron chi connectivity index (χ3n) is 3.71. The van der Waals surface area contributed by atoms with Crippen molar-refractivity contribution in [2.45, 2.75) is 39.2 Å². The number of nitrogens with one attached hydrogen (secondary N) is 1. The molecule has 1 aliphatic rings. The monoisotopic (exact) mass is 290 g/mol. The lowest BCUT2D eigenvalue weighted by Gasteiger charge is -2.24. The third kappa shape index (κ3) is 2.14. The minimum atomic E-state index is -1.10. The van der Waals surface area contributed by atoms with E-state index in [9.17, 15) is 9.90 Å². The SMILES string of the molecule is CC(C)[C@@H](Nc1ncnc2sc3c(c12)CCC3)C(=O)[O-]. The van der Waals surface area contributed by atoms with Crippen LogP contribution in [0.25, 0.3) is 10.2 Å². The number of hydrogen-bond acceptors (Lipinski definition) is 6. The van der Waals surface area contributed by atoms with Gasteiger partial charge in [0.05, 0.1) is 17.4 Å². The van der Waals surface area contributed by atoms with Gasteiger partial charge in [-0.25, -0.2) is 9.97 Å². The maximum absolute atomic E-state index is 11.2. The van der Waals surface area contributed by atoms with Crippen LogP contribution < -0.4 is 10.4 Å². The standard InChI is InChI=1S/C14H17N3O2S/c1-7(2)11(14(18)19)17-12-10-8-4-3-5-9(8)20-13(10)16-6-15-12/h6-7,11H,3-5H2,1-2H3,(H,18,19)(H,15,16,17)/p-1/t11-/m1/s1. The number of thiophene rings is 1. The van der Waals surface area contributed by atoms with Crippen molar-refractivity contribution >= 4 is 33.3 Å². The van der Waals surface area contributed by atoms with Crippen molar-refractivity contribution < 1.29 is 9.90 Å². The molecule has 1 aliphatic carbocycles. The number of fused-ring (bicyclic) bond motifs is 3. The highest BCUT2D eigenvalue weighted by atomic mass is 32.1. The lowest BCUT2D eigenvalue weighted by molar-refractivity contribution is -0.307. The van der Waals surface area contributed by atoms with Gasteiger partial charge in [0.25, 0.3) is 0 Å². The summed E-state index contributed by atoms with van der Waals surface area (Å²) >= 11 is 1.69. The van der Waals surface area contributed by atoms with Crippen molar-refractivity contribution in [2.75, 3.05) is 5.32 Å². The number of carbonyl (C=O) groups excluding carboxylic acids is 1. The zero-order chi connectivity index (χ0) is 14.3. The molecule has 20 heavy (non-hydrogen) atoms. The van der Waals surface area contributed by atoms with Crippen molar-refractivity contribution in [1.29, 1.82) is 0 Å². The molecule has 0 amide bonds. The van der Waals surface area contributed by atoms with Gasteiger partial charge in [-0.1, -0.05) is 13.8 Å². The van der Waals surface area contributed by atoms with Crippen LogP contribution >= 0.6 is 11.3 Å². The van der Waals surface area contributed by atoms with Gasteiger partial charge in [-0.2, -0.15) is 0 Å². The Morgan fingerprint density at radius 2 is 2.20 bits per heavy atom. The topological polar surface area (TPSA) is 77.9 Å². The molecule has 2 heterocycles. The van der Waals surface area contributed by atoms with Crippen molar-refractivity contribution in [3.8, 4) is 0 Å². The largest absolute Gasteiger partial charge is 0.548 e. The molecule has 0 saturated heterocycles. The molecule has 0 fully saturated rings. The van der Waals surface area contributed by atoms with Crippen LogP contribution in [0.3, 0.4) is 0 Å². The van der Waals surface area contributed by atoms with Gasteiger partial charge in [-0.3, -0.25) is 0 Å². The Bertz CT molecular complexity index is 666. The van der Waals surface area contributed by atoms with Crippen LogP contribution in [0.5, 0.6) is 0 Å². The number of aryl methyl sites for hydroxylation is 2. The van der Waals surface area contributed by atoms with E-state index in [1.807, 2.05) is 13.8 Å². The van der Waals surface area contributed by atoms with Crippen molar-refractivity contribution in [2.24, 2.45) is 5.92 Å². The second kappa shape index (κ2) is 5.01. The summed E-state index contributed by atoms with van der Waals surface area (Å²) in [7, 11) is 0. The molecular weight excluding hydrogens is 274 g/mol. The van der Waals surface area contributed by atoms with E-state index < -0.39 is 12.0 Å². The highest BCUT2D eigenvalue weighted by molar-refractivity contribution is 7.19. The molecule has 0 bridgehead atoms. The zero-order valence-corrected chi connectivity index (χ0v) is 12.3. The quantitative estimate of drug-likeness (QED) is 0.920. The normalized spacial score (nSPS) is 15.6. The van der Waals surface area contributed by atoms with Crippen LogP contribution in [0.2, 0.25) is 0 Å². The predicted molar refractivity (Wildman–Crippen MR) is 76.7 cm³/mol. The van der Waals surface area contributed by atoms with Gasteiger partial charge in [-0.05, 0) is 30.7 Å². The van der Waals surface area contributed by atoms with Crippen LogP contribution in [0.15, 0.2) is 6.33 Å². The lowest BCUT2D eigenvalue weighted by atomic mass is 10.0. The minimum absolute atomic E-state index is 0.0725. The van der Waals surface area contributed by atoms with Gasteiger partial charge in [0.1, 0.15) is 17.0 Å². The van der Waals surface area contributed by atoms with E-state index in [2.05, 4.69) is 15.3 Å². The molecule has 0 aromatic carbocycles. The first-order valence-electron chi connectivity index (χ1n) is 6.80. The molecule has 106 valence electrons. The average Bonchev–Trinajstić information content (AvgIpc) is 2.94. The summed E-state index contributed by atoms with van der Waals surface area (Å²) in [6.45, 7) is 3.70. The molecule has 2 aromatic rings. The highest BCUT2D eigenvalue weighted by Crippen LogP contribution is 2.39. The Labute approximate surface area is 121 Å². The van der Waals surface area contributed by atoms with Crippen LogP contribution in [0, 0.1) is 5.92 Å². The van der Waals surface area contributed by atoms with Crippen LogP contribution in [-0.2, 0) is 17.6 Å². The van der Waals surface area contributed by atoms with Gasteiger partial charge in [0.15, 0.2) is 0 Å². The maximum Gasteiger partial charge on any atom is 0.138 e. The second-order valence-electron chi connectivity index (χ2n) is 5.44. The smallest absolute Gasteiger partial charge is 0.138 e. The number of anilines is 1. The number of carboxylic acids is 1. The van der Waals surface area contributed by atoms with E-state index in [-0.39, 0.29) is 5.92 Å². The first-order chi connectivity index (χ1) is 9.58. The highest BCUT2D eigenvalue weighted by Gasteiger charge is 2.23. The van der Waals surface area contributed by atoms with E-state index >= 15 is 0 Å². The molecule has 0 saturated carbocycles. The third-order valence-corrected chi connectivity index (χ3v) is 4.91. The Morgan fingerprint density at radius 1 is 1.40 bits per heavy atom. The summed E-state index contributed by atoms with van der Waals surface area (Å²) in [5.41, 5.74) is 1.29. The number of aromatic nitrogens is 2. The molecule has 1 atom stereocenters. The van der Waals surface area contributed by atoms with Gasteiger partial charge in [-0.15, -0.1) is 11.3 Å². The molecule has 6 heteroatoms. The van der Waals surface area contributed by atoms with Crippen LogP contribution in [0.1, 0.15) is 30.7 Å². The molecular formula is C14H16N3O2S-. The fourth-order valence-electron chi connectivity index (χ4n) is 2.68. The first kappa shape index (κ1) is 13.3. The van der Waals surface area contributed by atoms with E-state index in [4.69, 9.17) is 0 Å². The van der Waals surface area contributed by atoms with E-state index in [1.54, 1.807) is 11.3 Å². The maximum atomic E-state index is 11.2. The van der Waals surface area contributed by atoms with Gasteiger partial charge in [0.2, 0.25) is 0 Å². The summed E-state index contributed by atoms with van der Waals surface area (Å²) in [6.07, 6.45) is 4.75. The zero-order valence-electron chi connectivity index (χ0n) is 11.5. The number of nitrogens with zero attached hydrogens (tertiary/aromatic N) is 2. The van der Waals surface area contributed by atoms with Gasteiger partial charge in [0, 0.05) is 4.88 Å². The Kier molecular flexibility index (Phi) is 3.33. The molecule has 5 nitrogen and oxygen atoms in total. The number of carbonyl (C=O) groups is 1. The number of rotatable bonds is 4. The van der Waals surface area contributed by atoms with Crippen LogP contribution in [-0.4, -0.2) is 22.0 Å². The number of carboxylic acid groups (broad SMARTS) is 1. The molecule has 2 aromatic heterocycles. The fraction of sp³-hybridized carbons (Fsp3) is 0.500. The van der Waals surface area contributed by atoms with E-state index in [0.29, 0.717) is 5.82 Å². The molecule has 0 spiro atoms. The Balaban J connectivity index is 2.05. The van der Waals surface area contributed by atoms with Crippen molar-refractivity contribution in [3.05, 3.63) is 16.8 Å². The molecule has 3 rings (SSSR count). The van der Waals surface area contributed by atoms with Crippen LogP contribution in [0.4, 0.5) is 5.82 Å². The second-order valence-corrected chi connectivity index (χ2v) is 6.53. The van der Waals surface area contributed by atoms with Gasteiger partial charge < -0.3 is 15.2 Å². The minimum Gasteiger partial charge on any atom is -0.548 e. The van der Waals surface area contributed by atoms with E-state index in [0.717, 1.165) is 29.5 Å². The molecule has 0 radical (unpaired) electrons. The molecule has 0 aliphatic heterocycles. The average molecular weight is 290 g/mol. The summed E-state index contributed by atoms with van der Waals surface area (Å²) in [6, 6.07) is -0.745. The summed E-state index contributed by atoms with van der Waals surface area (Å²) in [4.78, 5) is 22.1.